The highest BCUT2D eigenvalue weighted by Gasteiger charge is 2.45. The van der Waals surface area contributed by atoms with E-state index in [1.54, 1.807) is 18.2 Å². The van der Waals surface area contributed by atoms with E-state index in [0.717, 1.165) is 11.1 Å². The first-order chi connectivity index (χ1) is 16.1. The molecule has 0 spiro atoms. The Morgan fingerprint density at radius 2 is 1.79 bits per heavy atom. The van der Waals surface area contributed by atoms with E-state index in [1.165, 1.54) is 4.90 Å². The zero-order valence-electron chi connectivity index (χ0n) is 20.8. The summed E-state index contributed by atoms with van der Waals surface area (Å²) in [6.45, 7) is 9.15. The Balaban J connectivity index is 2.09. The lowest BCUT2D eigenvalue weighted by molar-refractivity contribution is -0.140. The normalized spacial score (nSPS) is 17.6. The standard InChI is InChI=1S/C27H34N2O5/c1-7-33-21-11-8-19(9-12-21)24-23(26(31)27(32)29(24)15-14-28(5)6)25(30)20-10-13-22(18(4)16-20)34-17(2)3/h8-13,16-17,24,30H,7,14-15H2,1-6H3/b25-23-. The fourth-order valence-corrected chi connectivity index (χ4v) is 4.02. The molecule has 1 atom stereocenters. The average Bonchev–Trinajstić information content (AvgIpc) is 3.03. The van der Waals surface area contributed by atoms with Crippen molar-refractivity contribution in [3.63, 3.8) is 0 Å². The van der Waals surface area contributed by atoms with Gasteiger partial charge in [-0.15, -0.1) is 0 Å². The maximum Gasteiger partial charge on any atom is 0.295 e. The van der Waals surface area contributed by atoms with Gasteiger partial charge in [0.05, 0.1) is 24.3 Å². The number of nitrogens with zero attached hydrogens (tertiary/aromatic N) is 2. The minimum atomic E-state index is -0.692. The van der Waals surface area contributed by atoms with Crippen LogP contribution in [0.1, 0.15) is 43.5 Å². The number of aryl methyl sites for hydroxylation is 1. The Hall–Kier alpha value is -3.32. The van der Waals surface area contributed by atoms with Crippen molar-refractivity contribution in [3.8, 4) is 11.5 Å². The predicted molar refractivity (Wildman–Crippen MR) is 132 cm³/mol. The van der Waals surface area contributed by atoms with Crippen LogP contribution in [-0.4, -0.2) is 66.5 Å². The quantitative estimate of drug-likeness (QED) is 0.340. The van der Waals surface area contributed by atoms with Gasteiger partial charge in [0.1, 0.15) is 17.3 Å². The van der Waals surface area contributed by atoms with Crippen LogP contribution in [0.15, 0.2) is 48.0 Å². The summed E-state index contributed by atoms with van der Waals surface area (Å²) in [6, 6.07) is 11.9. The van der Waals surface area contributed by atoms with Gasteiger partial charge in [-0.1, -0.05) is 12.1 Å². The van der Waals surface area contributed by atoms with Crippen molar-refractivity contribution >= 4 is 17.4 Å². The summed E-state index contributed by atoms with van der Waals surface area (Å²) in [5.41, 5.74) is 2.12. The van der Waals surface area contributed by atoms with Crippen LogP contribution in [0.3, 0.4) is 0 Å². The Kier molecular flexibility index (Phi) is 7.99. The summed E-state index contributed by atoms with van der Waals surface area (Å²) in [4.78, 5) is 29.7. The highest BCUT2D eigenvalue weighted by atomic mass is 16.5. The second-order valence-corrected chi connectivity index (χ2v) is 8.94. The summed E-state index contributed by atoms with van der Waals surface area (Å²) in [6.07, 6.45) is 0.0137. The second-order valence-electron chi connectivity index (χ2n) is 8.94. The van der Waals surface area contributed by atoms with E-state index >= 15 is 0 Å². The number of aliphatic hydroxyl groups excluding tert-OH is 1. The van der Waals surface area contributed by atoms with Crippen LogP contribution >= 0.6 is 0 Å². The van der Waals surface area contributed by atoms with Gasteiger partial charge in [0.2, 0.25) is 0 Å². The molecule has 182 valence electrons. The summed E-state index contributed by atoms with van der Waals surface area (Å²) in [5, 5.41) is 11.3. The van der Waals surface area contributed by atoms with E-state index in [2.05, 4.69) is 0 Å². The van der Waals surface area contributed by atoms with Crippen molar-refractivity contribution in [1.82, 2.24) is 9.80 Å². The molecule has 0 bridgehead atoms. The van der Waals surface area contributed by atoms with Gasteiger partial charge in [-0.05, 0) is 83.2 Å². The highest BCUT2D eigenvalue weighted by Crippen LogP contribution is 2.40. The highest BCUT2D eigenvalue weighted by molar-refractivity contribution is 6.46. The number of carbonyl (C=O) groups excluding carboxylic acids is 2. The van der Waals surface area contributed by atoms with Gasteiger partial charge >= 0.3 is 0 Å². The van der Waals surface area contributed by atoms with E-state index in [-0.39, 0.29) is 17.4 Å². The van der Waals surface area contributed by atoms with Crippen LogP contribution in [0.2, 0.25) is 0 Å². The second kappa shape index (κ2) is 10.7. The van der Waals surface area contributed by atoms with Crippen LogP contribution in [0.5, 0.6) is 11.5 Å². The minimum Gasteiger partial charge on any atom is -0.507 e. The molecule has 2 aromatic rings. The number of ketones is 1. The van der Waals surface area contributed by atoms with E-state index in [9.17, 15) is 14.7 Å². The zero-order chi connectivity index (χ0) is 25.0. The summed E-state index contributed by atoms with van der Waals surface area (Å²) < 4.78 is 11.3. The van der Waals surface area contributed by atoms with E-state index < -0.39 is 17.7 Å². The molecule has 7 nitrogen and oxygen atoms in total. The average molecular weight is 467 g/mol. The summed E-state index contributed by atoms with van der Waals surface area (Å²) in [7, 11) is 3.82. The molecular formula is C27H34N2O5. The molecule has 1 aliphatic rings. The molecule has 1 aliphatic heterocycles. The number of ether oxygens (including phenoxy) is 2. The topological polar surface area (TPSA) is 79.3 Å². The van der Waals surface area contributed by atoms with Crippen molar-refractivity contribution < 1.29 is 24.2 Å². The predicted octanol–water partition coefficient (Wildman–Crippen LogP) is 4.16. The summed E-state index contributed by atoms with van der Waals surface area (Å²) in [5.74, 6) is -0.0771. The third-order valence-corrected chi connectivity index (χ3v) is 5.65. The number of carbonyl (C=O) groups is 2. The fraction of sp³-hybridized carbons (Fsp3) is 0.407. The lowest BCUT2D eigenvalue weighted by Gasteiger charge is -2.26. The van der Waals surface area contributed by atoms with Crippen molar-refractivity contribution in [1.29, 1.82) is 0 Å². The maximum atomic E-state index is 13.2. The van der Waals surface area contributed by atoms with Gasteiger partial charge in [0.15, 0.2) is 0 Å². The number of hydrogen-bond acceptors (Lipinski definition) is 6. The molecule has 1 N–H and O–H groups in total. The smallest absolute Gasteiger partial charge is 0.295 e. The molecule has 1 fully saturated rings. The number of benzene rings is 2. The maximum absolute atomic E-state index is 13.2. The van der Waals surface area contributed by atoms with Crippen molar-refractivity contribution in [3.05, 3.63) is 64.7 Å². The first kappa shape index (κ1) is 25.3. The Morgan fingerprint density at radius 3 is 2.35 bits per heavy atom. The number of likely N-dealkylation sites (tertiary alicyclic amines) is 1. The van der Waals surface area contributed by atoms with Gasteiger partial charge in [-0.3, -0.25) is 9.59 Å². The fourth-order valence-electron chi connectivity index (χ4n) is 4.02. The third kappa shape index (κ3) is 5.42. The molecule has 0 aliphatic carbocycles. The number of Topliss-reactive ketones (excluding diaryl/α,β-unsaturated/α-hetero) is 1. The molecule has 1 amide bonds. The number of aliphatic hydroxyl groups is 1. The van der Waals surface area contributed by atoms with E-state index in [4.69, 9.17) is 9.47 Å². The molecule has 0 aromatic heterocycles. The van der Waals surface area contributed by atoms with Gasteiger partial charge < -0.3 is 24.4 Å². The monoisotopic (exact) mass is 466 g/mol. The molecule has 3 rings (SSSR count). The zero-order valence-corrected chi connectivity index (χ0v) is 20.8. The summed E-state index contributed by atoms with van der Waals surface area (Å²) >= 11 is 0. The molecule has 34 heavy (non-hydrogen) atoms. The van der Waals surface area contributed by atoms with E-state index in [0.29, 0.717) is 36.8 Å². The first-order valence-corrected chi connectivity index (χ1v) is 11.6. The van der Waals surface area contributed by atoms with Gasteiger partial charge in [0.25, 0.3) is 11.7 Å². The van der Waals surface area contributed by atoms with Gasteiger partial charge in [0, 0.05) is 18.7 Å². The molecule has 7 heteroatoms. The van der Waals surface area contributed by atoms with Gasteiger partial charge in [-0.2, -0.15) is 0 Å². The lowest BCUT2D eigenvalue weighted by atomic mass is 9.94. The van der Waals surface area contributed by atoms with E-state index in [1.807, 2.05) is 71.0 Å². The van der Waals surface area contributed by atoms with Crippen molar-refractivity contribution in [2.45, 2.75) is 39.8 Å². The number of amides is 1. The Labute approximate surface area is 201 Å². The lowest BCUT2D eigenvalue weighted by Crippen LogP contribution is -2.35. The minimum absolute atomic E-state index is 0.0137. The number of rotatable bonds is 9. The molecule has 1 saturated heterocycles. The molecular weight excluding hydrogens is 432 g/mol. The SMILES string of the molecule is CCOc1ccc(C2/C(=C(/O)c3ccc(OC(C)C)c(C)c3)C(=O)C(=O)N2CCN(C)C)cc1. The van der Waals surface area contributed by atoms with Crippen LogP contribution in [0.4, 0.5) is 0 Å². The number of likely N-dealkylation sites (N-methyl/N-ethyl adjacent to an activating group) is 1. The number of hydrogen-bond donors (Lipinski definition) is 1. The molecule has 1 heterocycles. The van der Waals surface area contributed by atoms with Crippen molar-refractivity contribution in [2.24, 2.45) is 0 Å². The van der Waals surface area contributed by atoms with Crippen LogP contribution in [-0.2, 0) is 9.59 Å². The Morgan fingerprint density at radius 1 is 1.12 bits per heavy atom. The molecule has 0 radical (unpaired) electrons. The largest absolute Gasteiger partial charge is 0.507 e. The van der Waals surface area contributed by atoms with Crippen LogP contribution in [0, 0.1) is 6.92 Å². The molecule has 0 saturated carbocycles. The Bertz CT molecular complexity index is 1070. The molecule has 1 unspecified atom stereocenters. The van der Waals surface area contributed by atoms with Crippen molar-refractivity contribution in [2.75, 3.05) is 33.8 Å². The van der Waals surface area contributed by atoms with Gasteiger partial charge in [-0.25, -0.2) is 0 Å². The molecule has 2 aromatic carbocycles. The van der Waals surface area contributed by atoms with Crippen LogP contribution in [0.25, 0.3) is 5.76 Å². The first-order valence-electron chi connectivity index (χ1n) is 11.6. The van der Waals surface area contributed by atoms with Crippen LogP contribution < -0.4 is 9.47 Å². The third-order valence-electron chi connectivity index (χ3n) is 5.65.